The van der Waals surface area contributed by atoms with Crippen LogP contribution in [0.2, 0.25) is 0 Å². The molecule has 0 saturated carbocycles. The molecule has 3 aromatic rings. The molecule has 1 N–H and O–H groups in total. The van der Waals surface area contributed by atoms with Gasteiger partial charge in [0.15, 0.2) is 0 Å². The Morgan fingerprint density at radius 3 is 2.37 bits per heavy atom. The Morgan fingerprint density at radius 2 is 1.63 bits per heavy atom. The molecular formula is C22H23ClF3N. The van der Waals surface area contributed by atoms with Crippen LogP contribution < -0.4 is 5.32 Å². The Kier molecular flexibility index (Phi) is 7.28. The molecule has 0 aliphatic rings. The van der Waals surface area contributed by atoms with Crippen molar-refractivity contribution < 1.29 is 13.2 Å². The molecule has 0 aliphatic heterocycles. The molecule has 1 unspecified atom stereocenters. The normalized spacial score (nSPS) is 12.6. The van der Waals surface area contributed by atoms with Crippen molar-refractivity contribution in [2.24, 2.45) is 0 Å². The second-order valence-electron chi connectivity index (χ2n) is 6.58. The first-order chi connectivity index (χ1) is 12.4. The van der Waals surface area contributed by atoms with Crippen molar-refractivity contribution in [1.29, 1.82) is 0 Å². The highest BCUT2D eigenvalue weighted by molar-refractivity contribution is 5.85. The zero-order chi connectivity index (χ0) is 18.6. The predicted molar refractivity (Wildman–Crippen MR) is 107 cm³/mol. The number of hydrogen-bond donors (Lipinski definition) is 1. The minimum Gasteiger partial charge on any atom is -0.310 e. The van der Waals surface area contributed by atoms with E-state index in [-0.39, 0.29) is 18.4 Å². The summed E-state index contributed by atoms with van der Waals surface area (Å²) in [6.45, 7) is 2.86. The van der Waals surface area contributed by atoms with Gasteiger partial charge in [0.1, 0.15) is 0 Å². The standard InChI is InChI=1S/C22H22F3N.ClH/c1-16(19-12-11-18-8-2-3-9-20(18)15-19)26-13-5-7-17-6-4-10-21(14-17)22(23,24)25;/h2-4,6,8-12,14-16,26H,5,7,13H2,1H3;1H. The molecule has 3 rings (SSSR count). The van der Waals surface area contributed by atoms with Crippen LogP contribution in [0.15, 0.2) is 66.7 Å². The second kappa shape index (κ2) is 9.25. The first kappa shape index (κ1) is 21.3. The Balaban J connectivity index is 0.00000261. The summed E-state index contributed by atoms with van der Waals surface area (Å²) in [5.41, 5.74) is 1.36. The van der Waals surface area contributed by atoms with Gasteiger partial charge in [-0.25, -0.2) is 0 Å². The summed E-state index contributed by atoms with van der Waals surface area (Å²) in [7, 11) is 0. The molecular weight excluding hydrogens is 371 g/mol. The summed E-state index contributed by atoms with van der Waals surface area (Å²) in [5, 5.41) is 5.88. The molecule has 5 heteroatoms. The topological polar surface area (TPSA) is 12.0 Å². The zero-order valence-electron chi connectivity index (χ0n) is 15.1. The molecule has 0 spiro atoms. The quantitative estimate of drug-likeness (QED) is 0.467. The molecule has 144 valence electrons. The zero-order valence-corrected chi connectivity index (χ0v) is 15.9. The van der Waals surface area contributed by atoms with Gasteiger partial charge < -0.3 is 5.32 Å². The third kappa shape index (κ3) is 5.72. The number of nitrogens with one attached hydrogen (secondary N) is 1. The number of rotatable bonds is 6. The van der Waals surface area contributed by atoms with Crippen LogP contribution >= 0.6 is 12.4 Å². The summed E-state index contributed by atoms with van der Waals surface area (Å²) in [6, 6.07) is 20.4. The van der Waals surface area contributed by atoms with E-state index in [2.05, 4.69) is 42.6 Å². The second-order valence-corrected chi connectivity index (χ2v) is 6.58. The van der Waals surface area contributed by atoms with Crippen molar-refractivity contribution >= 4 is 23.2 Å². The Labute approximate surface area is 164 Å². The van der Waals surface area contributed by atoms with Crippen LogP contribution in [0, 0.1) is 0 Å². The lowest BCUT2D eigenvalue weighted by atomic mass is 10.0. The van der Waals surface area contributed by atoms with E-state index in [9.17, 15) is 13.2 Å². The average molecular weight is 394 g/mol. The molecule has 0 radical (unpaired) electrons. The maximum Gasteiger partial charge on any atom is 0.416 e. The fourth-order valence-electron chi connectivity index (χ4n) is 3.11. The molecule has 1 atom stereocenters. The third-order valence-electron chi connectivity index (χ3n) is 4.62. The summed E-state index contributed by atoms with van der Waals surface area (Å²) in [4.78, 5) is 0. The molecule has 3 aromatic carbocycles. The summed E-state index contributed by atoms with van der Waals surface area (Å²) in [5.74, 6) is 0. The Bertz CT molecular complexity index is 877. The van der Waals surface area contributed by atoms with Crippen LogP contribution in [0.4, 0.5) is 13.2 Å². The molecule has 1 nitrogen and oxygen atoms in total. The van der Waals surface area contributed by atoms with E-state index in [1.165, 1.54) is 28.5 Å². The van der Waals surface area contributed by atoms with E-state index >= 15 is 0 Å². The number of fused-ring (bicyclic) bond motifs is 1. The van der Waals surface area contributed by atoms with E-state index in [0.29, 0.717) is 6.42 Å². The van der Waals surface area contributed by atoms with Gasteiger partial charge in [0.05, 0.1) is 5.56 Å². The van der Waals surface area contributed by atoms with Crippen molar-refractivity contribution in [2.45, 2.75) is 32.0 Å². The van der Waals surface area contributed by atoms with Crippen molar-refractivity contribution in [2.75, 3.05) is 6.54 Å². The smallest absolute Gasteiger partial charge is 0.310 e. The van der Waals surface area contributed by atoms with Crippen LogP contribution in [-0.2, 0) is 12.6 Å². The lowest BCUT2D eigenvalue weighted by Gasteiger charge is -2.15. The van der Waals surface area contributed by atoms with Gasteiger partial charge in [-0.15, -0.1) is 12.4 Å². The minimum atomic E-state index is -4.28. The van der Waals surface area contributed by atoms with E-state index in [0.717, 1.165) is 24.6 Å². The van der Waals surface area contributed by atoms with Crippen molar-refractivity contribution in [3.05, 3.63) is 83.4 Å². The average Bonchev–Trinajstić information content (AvgIpc) is 2.64. The van der Waals surface area contributed by atoms with Crippen LogP contribution in [0.25, 0.3) is 10.8 Å². The fourth-order valence-corrected chi connectivity index (χ4v) is 3.11. The van der Waals surface area contributed by atoms with Crippen molar-refractivity contribution in [1.82, 2.24) is 5.32 Å². The highest BCUT2D eigenvalue weighted by Crippen LogP contribution is 2.29. The van der Waals surface area contributed by atoms with E-state index < -0.39 is 11.7 Å². The molecule has 0 aromatic heterocycles. The largest absolute Gasteiger partial charge is 0.416 e. The van der Waals surface area contributed by atoms with E-state index in [4.69, 9.17) is 0 Å². The first-order valence-electron chi connectivity index (χ1n) is 8.82. The van der Waals surface area contributed by atoms with Gasteiger partial charge in [-0.05, 0) is 60.3 Å². The van der Waals surface area contributed by atoms with Gasteiger partial charge in [-0.3, -0.25) is 0 Å². The molecule has 0 saturated heterocycles. The maximum absolute atomic E-state index is 12.7. The lowest BCUT2D eigenvalue weighted by Crippen LogP contribution is -2.20. The third-order valence-corrected chi connectivity index (χ3v) is 4.62. The number of aryl methyl sites for hydroxylation is 1. The predicted octanol–water partition coefficient (Wildman–Crippen LogP) is 6.56. The number of benzene rings is 3. The molecule has 0 aliphatic carbocycles. The molecule has 27 heavy (non-hydrogen) atoms. The molecule has 0 heterocycles. The highest BCUT2D eigenvalue weighted by Gasteiger charge is 2.30. The van der Waals surface area contributed by atoms with Crippen LogP contribution in [0.5, 0.6) is 0 Å². The van der Waals surface area contributed by atoms with Crippen molar-refractivity contribution in [3.63, 3.8) is 0 Å². The van der Waals surface area contributed by atoms with Crippen LogP contribution in [0.3, 0.4) is 0 Å². The summed E-state index contributed by atoms with van der Waals surface area (Å²) >= 11 is 0. The monoisotopic (exact) mass is 393 g/mol. The number of halogens is 4. The Morgan fingerprint density at radius 1 is 0.889 bits per heavy atom. The van der Waals surface area contributed by atoms with Gasteiger partial charge in [0, 0.05) is 6.04 Å². The van der Waals surface area contributed by atoms with Gasteiger partial charge in [-0.1, -0.05) is 54.6 Å². The van der Waals surface area contributed by atoms with Gasteiger partial charge >= 0.3 is 6.18 Å². The molecule has 0 fully saturated rings. The minimum absolute atomic E-state index is 0. The number of hydrogen-bond acceptors (Lipinski definition) is 1. The lowest BCUT2D eigenvalue weighted by molar-refractivity contribution is -0.137. The Hall–Kier alpha value is -2.04. The molecule has 0 bridgehead atoms. The maximum atomic E-state index is 12.7. The summed E-state index contributed by atoms with van der Waals surface area (Å²) in [6.07, 6.45) is -2.86. The molecule has 0 amide bonds. The highest BCUT2D eigenvalue weighted by atomic mass is 35.5. The van der Waals surface area contributed by atoms with Crippen molar-refractivity contribution in [3.8, 4) is 0 Å². The van der Waals surface area contributed by atoms with Gasteiger partial charge in [-0.2, -0.15) is 13.2 Å². The van der Waals surface area contributed by atoms with E-state index in [1.807, 2.05) is 12.1 Å². The van der Waals surface area contributed by atoms with Gasteiger partial charge in [0.2, 0.25) is 0 Å². The van der Waals surface area contributed by atoms with Crippen LogP contribution in [-0.4, -0.2) is 6.54 Å². The fraction of sp³-hybridized carbons (Fsp3) is 0.273. The van der Waals surface area contributed by atoms with E-state index in [1.54, 1.807) is 6.07 Å². The summed E-state index contributed by atoms with van der Waals surface area (Å²) < 4.78 is 38.2. The van der Waals surface area contributed by atoms with Crippen LogP contribution in [0.1, 0.15) is 36.1 Å². The first-order valence-corrected chi connectivity index (χ1v) is 8.82. The SMILES string of the molecule is CC(NCCCc1cccc(C(F)(F)F)c1)c1ccc2ccccc2c1.Cl. The number of alkyl halides is 3. The van der Waals surface area contributed by atoms with Gasteiger partial charge in [0.25, 0.3) is 0 Å².